The quantitative estimate of drug-likeness (QED) is 0.677. The molecule has 1 amide bonds. The molecule has 0 radical (unpaired) electrons. The Morgan fingerprint density at radius 2 is 1.74 bits per heavy atom. The average Bonchev–Trinajstić information content (AvgIpc) is 2.54. The predicted molar refractivity (Wildman–Crippen MR) is 100 cm³/mol. The van der Waals surface area contributed by atoms with E-state index in [9.17, 15) is 4.79 Å². The van der Waals surface area contributed by atoms with Crippen LogP contribution in [-0.4, -0.2) is 11.7 Å². The average molecular weight is 368 g/mol. The molecular weight excluding hydrogens is 349 g/mol. The summed E-state index contributed by atoms with van der Waals surface area (Å²) in [6.07, 6.45) is 0.512. The molecule has 0 aliphatic heterocycles. The number of benzene rings is 2. The lowest BCUT2D eigenvalue weighted by atomic mass is 10.1. The number of nitrogens with one attached hydrogen (secondary N) is 1. The van der Waals surface area contributed by atoms with E-state index in [1.165, 1.54) is 5.56 Å². The minimum Gasteiger partial charge on any atom is -0.352 e. The van der Waals surface area contributed by atoms with Gasteiger partial charge in [0.1, 0.15) is 0 Å². The standard InChI is InChI=1S/C18H19Cl2NOS/c1-13-2-4-14(5-3-13)11-21-18(22)8-9-23-12-15-6-7-16(19)17(20)10-15/h2-7,10H,8-9,11-12H2,1H3,(H,21,22). The Hall–Kier alpha value is -1.16. The van der Waals surface area contributed by atoms with E-state index in [0.29, 0.717) is 23.0 Å². The molecule has 0 spiro atoms. The first-order valence-corrected chi connectivity index (χ1v) is 9.29. The van der Waals surface area contributed by atoms with Crippen molar-refractivity contribution in [1.29, 1.82) is 0 Å². The number of rotatable bonds is 7. The Balaban J connectivity index is 1.64. The van der Waals surface area contributed by atoms with Crippen LogP contribution >= 0.6 is 35.0 Å². The lowest BCUT2D eigenvalue weighted by Crippen LogP contribution is -2.22. The van der Waals surface area contributed by atoms with E-state index in [4.69, 9.17) is 23.2 Å². The van der Waals surface area contributed by atoms with Gasteiger partial charge in [-0.3, -0.25) is 4.79 Å². The van der Waals surface area contributed by atoms with Gasteiger partial charge in [-0.25, -0.2) is 0 Å². The number of halogens is 2. The summed E-state index contributed by atoms with van der Waals surface area (Å²) in [7, 11) is 0. The van der Waals surface area contributed by atoms with Crippen molar-refractivity contribution in [3.8, 4) is 0 Å². The maximum Gasteiger partial charge on any atom is 0.221 e. The minimum absolute atomic E-state index is 0.0761. The van der Waals surface area contributed by atoms with Gasteiger partial charge in [0.15, 0.2) is 0 Å². The third-order valence-electron chi connectivity index (χ3n) is 3.34. The lowest BCUT2D eigenvalue weighted by molar-refractivity contribution is -0.120. The van der Waals surface area contributed by atoms with Gasteiger partial charge in [-0.2, -0.15) is 11.8 Å². The van der Waals surface area contributed by atoms with Crippen LogP contribution in [0.1, 0.15) is 23.1 Å². The number of carbonyl (C=O) groups excluding carboxylic acids is 1. The molecule has 0 aliphatic rings. The molecule has 122 valence electrons. The zero-order valence-corrected chi connectivity index (χ0v) is 15.3. The van der Waals surface area contributed by atoms with Crippen LogP contribution in [0.5, 0.6) is 0 Å². The molecule has 23 heavy (non-hydrogen) atoms. The molecule has 0 fully saturated rings. The molecule has 0 bridgehead atoms. The first kappa shape index (κ1) is 18.2. The van der Waals surface area contributed by atoms with Crippen LogP contribution in [0.15, 0.2) is 42.5 Å². The second-order valence-corrected chi connectivity index (χ2v) is 7.23. The monoisotopic (exact) mass is 367 g/mol. The molecule has 2 nitrogen and oxygen atoms in total. The molecule has 2 aromatic carbocycles. The fraction of sp³-hybridized carbons (Fsp3) is 0.278. The number of hydrogen-bond acceptors (Lipinski definition) is 2. The lowest BCUT2D eigenvalue weighted by Gasteiger charge is -2.06. The molecule has 0 aromatic heterocycles. The molecule has 1 N–H and O–H groups in total. The Morgan fingerprint density at radius 1 is 1.04 bits per heavy atom. The first-order valence-electron chi connectivity index (χ1n) is 7.38. The zero-order chi connectivity index (χ0) is 16.7. The smallest absolute Gasteiger partial charge is 0.221 e. The second kappa shape index (κ2) is 9.21. The van der Waals surface area contributed by atoms with Gasteiger partial charge in [0.05, 0.1) is 10.0 Å². The topological polar surface area (TPSA) is 29.1 Å². The molecule has 0 atom stereocenters. The summed E-state index contributed by atoms with van der Waals surface area (Å²) in [4.78, 5) is 11.8. The van der Waals surface area contributed by atoms with E-state index < -0.39 is 0 Å². The van der Waals surface area contributed by atoms with Crippen molar-refractivity contribution in [3.05, 3.63) is 69.2 Å². The normalized spacial score (nSPS) is 10.6. The minimum atomic E-state index is 0.0761. The summed E-state index contributed by atoms with van der Waals surface area (Å²) < 4.78 is 0. The van der Waals surface area contributed by atoms with Crippen molar-refractivity contribution < 1.29 is 4.79 Å². The molecule has 0 heterocycles. The summed E-state index contributed by atoms with van der Waals surface area (Å²) in [5, 5.41) is 4.08. The number of thioether (sulfide) groups is 1. The van der Waals surface area contributed by atoms with Gasteiger partial charge in [-0.15, -0.1) is 0 Å². The van der Waals surface area contributed by atoms with E-state index >= 15 is 0 Å². The van der Waals surface area contributed by atoms with Gasteiger partial charge in [-0.1, -0.05) is 59.1 Å². The highest BCUT2D eigenvalue weighted by Crippen LogP contribution is 2.24. The molecular formula is C18H19Cl2NOS. The summed E-state index contributed by atoms with van der Waals surface area (Å²) in [5.41, 5.74) is 3.45. The van der Waals surface area contributed by atoms with E-state index in [0.717, 1.165) is 22.6 Å². The van der Waals surface area contributed by atoms with Crippen LogP contribution in [0.3, 0.4) is 0 Å². The molecule has 0 saturated heterocycles. The van der Waals surface area contributed by atoms with Crippen LogP contribution < -0.4 is 5.32 Å². The van der Waals surface area contributed by atoms with Crippen molar-refractivity contribution in [1.82, 2.24) is 5.32 Å². The van der Waals surface area contributed by atoms with Crippen molar-refractivity contribution in [2.75, 3.05) is 5.75 Å². The van der Waals surface area contributed by atoms with Gasteiger partial charge in [-0.05, 0) is 30.2 Å². The molecule has 2 rings (SSSR count). The molecule has 0 aliphatic carbocycles. The Labute approximate surface area is 151 Å². The Bertz CT molecular complexity index is 659. The molecule has 5 heteroatoms. The Morgan fingerprint density at radius 3 is 2.43 bits per heavy atom. The van der Waals surface area contributed by atoms with Crippen molar-refractivity contribution in [2.45, 2.75) is 25.6 Å². The van der Waals surface area contributed by atoms with Crippen LogP contribution in [0.25, 0.3) is 0 Å². The molecule has 2 aromatic rings. The van der Waals surface area contributed by atoms with E-state index in [2.05, 4.69) is 17.4 Å². The van der Waals surface area contributed by atoms with Gasteiger partial charge < -0.3 is 5.32 Å². The van der Waals surface area contributed by atoms with Gasteiger partial charge in [0.2, 0.25) is 5.91 Å². The third kappa shape index (κ3) is 6.46. The van der Waals surface area contributed by atoms with Crippen molar-refractivity contribution in [3.63, 3.8) is 0 Å². The van der Waals surface area contributed by atoms with E-state index in [1.807, 2.05) is 31.2 Å². The first-order chi connectivity index (χ1) is 11.0. The van der Waals surface area contributed by atoms with E-state index in [1.54, 1.807) is 17.8 Å². The van der Waals surface area contributed by atoms with E-state index in [-0.39, 0.29) is 5.91 Å². The van der Waals surface area contributed by atoms with Crippen molar-refractivity contribution >= 4 is 40.9 Å². The second-order valence-electron chi connectivity index (χ2n) is 5.31. The summed E-state index contributed by atoms with van der Waals surface area (Å²) in [5.74, 6) is 1.68. The number of hydrogen-bond donors (Lipinski definition) is 1. The SMILES string of the molecule is Cc1ccc(CNC(=O)CCSCc2ccc(Cl)c(Cl)c2)cc1. The maximum atomic E-state index is 11.8. The fourth-order valence-electron chi connectivity index (χ4n) is 1.98. The predicted octanol–water partition coefficient (Wildman–Crippen LogP) is 5.24. The Kier molecular flexibility index (Phi) is 7.28. The zero-order valence-electron chi connectivity index (χ0n) is 12.9. The highest BCUT2D eigenvalue weighted by atomic mass is 35.5. The number of amides is 1. The highest BCUT2D eigenvalue weighted by molar-refractivity contribution is 7.98. The maximum absolute atomic E-state index is 11.8. The van der Waals surface area contributed by atoms with Gasteiger partial charge in [0, 0.05) is 24.5 Å². The summed E-state index contributed by atoms with van der Waals surface area (Å²) in [6.45, 7) is 2.63. The summed E-state index contributed by atoms with van der Waals surface area (Å²) >= 11 is 13.6. The largest absolute Gasteiger partial charge is 0.352 e. The van der Waals surface area contributed by atoms with Crippen LogP contribution in [0.4, 0.5) is 0 Å². The van der Waals surface area contributed by atoms with Crippen LogP contribution in [0, 0.1) is 6.92 Å². The number of aryl methyl sites for hydroxylation is 1. The van der Waals surface area contributed by atoms with Gasteiger partial charge >= 0.3 is 0 Å². The third-order valence-corrected chi connectivity index (χ3v) is 5.11. The van der Waals surface area contributed by atoms with Gasteiger partial charge in [0.25, 0.3) is 0 Å². The van der Waals surface area contributed by atoms with Crippen LogP contribution in [-0.2, 0) is 17.1 Å². The van der Waals surface area contributed by atoms with Crippen molar-refractivity contribution in [2.24, 2.45) is 0 Å². The molecule has 0 unspecified atom stereocenters. The van der Waals surface area contributed by atoms with Crippen LogP contribution in [0.2, 0.25) is 10.0 Å². The highest BCUT2D eigenvalue weighted by Gasteiger charge is 2.03. The fourth-order valence-corrected chi connectivity index (χ4v) is 3.19. The number of carbonyl (C=O) groups is 1. The molecule has 0 saturated carbocycles. The summed E-state index contributed by atoms with van der Waals surface area (Å²) in [6, 6.07) is 13.8.